The lowest BCUT2D eigenvalue weighted by Gasteiger charge is -2.16. The van der Waals surface area contributed by atoms with E-state index in [2.05, 4.69) is 25.9 Å². The number of nitrogens with zero attached hydrogens (tertiary/aromatic N) is 2. The predicted molar refractivity (Wildman–Crippen MR) is 121 cm³/mol. The highest BCUT2D eigenvalue weighted by molar-refractivity contribution is 6.06. The van der Waals surface area contributed by atoms with E-state index >= 15 is 0 Å². The van der Waals surface area contributed by atoms with Gasteiger partial charge >= 0.3 is 0 Å². The molecule has 1 heterocycles. The van der Waals surface area contributed by atoms with Crippen LogP contribution in [0.15, 0.2) is 84.9 Å². The van der Waals surface area contributed by atoms with E-state index in [4.69, 9.17) is 0 Å². The van der Waals surface area contributed by atoms with Crippen molar-refractivity contribution in [2.75, 3.05) is 16.0 Å². The number of hydrogen-bond acceptors (Lipinski definition) is 5. The molecule has 0 spiro atoms. The van der Waals surface area contributed by atoms with Gasteiger partial charge in [-0.1, -0.05) is 36.4 Å². The van der Waals surface area contributed by atoms with Crippen LogP contribution in [0.25, 0.3) is 0 Å². The number of aryl methyl sites for hydroxylation is 1. The van der Waals surface area contributed by atoms with Crippen LogP contribution in [0.2, 0.25) is 0 Å². The molecular weight excluding hydrogens is 393 g/mol. The Balaban J connectivity index is 1.68. The normalized spacial score (nSPS) is 10.4. The Labute approximate surface area is 179 Å². The Bertz CT molecular complexity index is 1180. The fourth-order valence-corrected chi connectivity index (χ4v) is 2.96. The molecule has 0 aliphatic carbocycles. The molecule has 0 bridgehead atoms. The lowest BCUT2D eigenvalue weighted by atomic mass is 10.2. The summed E-state index contributed by atoms with van der Waals surface area (Å²) < 4.78 is 13.2. The fraction of sp³-hybridized carbons (Fsp3) is 0.0417. The third-order valence-electron chi connectivity index (χ3n) is 4.50. The molecule has 0 atom stereocenters. The van der Waals surface area contributed by atoms with Crippen LogP contribution in [-0.4, -0.2) is 15.9 Å². The number of amides is 1. The van der Waals surface area contributed by atoms with Gasteiger partial charge in [-0.05, 0) is 55.5 Å². The second-order valence-electron chi connectivity index (χ2n) is 6.80. The zero-order valence-corrected chi connectivity index (χ0v) is 16.8. The van der Waals surface area contributed by atoms with E-state index in [1.807, 2.05) is 60.7 Å². The number of carbonyl (C=O) groups excluding carboxylic acids is 1. The number of rotatable bonds is 6. The van der Waals surface area contributed by atoms with E-state index in [0.29, 0.717) is 28.7 Å². The smallest absolute Gasteiger partial charge is 0.255 e. The van der Waals surface area contributed by atoms with Crippen molar-refractivity contribution in [2.24, 2.45) is 0 Å². The van der Waals surface area contributed by atoms with Crippen LogP contribution in [0, 0.1) is 12.7 Å². The summed E-state index contributed by atoms with van der Waals surface area (Å²) in [6.07, 6.45) is 0. The van der Waals surface area contributed by atoms with Gasteiger partial charge in [0.05, 0.1) is 5.69 Å². The molecule has 7 heteroatoms. The molecule has 0 saturated heterocycles. The summed E-state index contributed by atoms with van der Waals surface area (Å²) in [6, 6.07) is 24.4. The SMILES string of the molecule is Cc1nc(Nc2ccccc2)nc(Nc2ccccc2)c1NC(=O)c1ccc(F)cc1. The van der Waals surface area contributed by atoms with Crippen molar-refractivity contribution in [1.82, 2.24) is 9.97 Å². The zero-order chi connectivity index (χ0) is 21.6. The van der Waals surface area contributed by atoms with Gasteiger partial charge in [0.15, 0.2) is 5.82 Å². The van der Waals surface area contributed by atoms with Gasteiger partial charge in [0.1, 0.15) is 11.5 Å². The van der Waals surface area contributed by atoms with E-state index in [-0.39, 0.29) is 5.91 Å². The first-order valence-electron chi connectivity index (χ1n) is 9.68. The summed E-state index contributed by atoms with van der Waals surface area (Å²) >= 11 is 0. The number of anilines is 5. The highest BCUT2D eigenvalue weighted by Gasteiger charge is 2.16. The van der Waals surface area contributed by atoms with Crippen molar-refractivity contribution < 1.29 is 9.18 Å². The van der Waals surface area contributed by atoms with Gasteiger partial charge < -0.3 is 16.0 Å². The molecule has 1 aromatic heterocycles. The first-order valence-corrected chi connectivity index (χ1v) is 9.68. The lowest BCUT2D eigenvalue weighted by molar-refractivity contribution is 0.102. The van der Waals surface area contributed by atoms with Gasteiger partial charge in [-0.25, -0.2) is 9.37 Å². The van der Waals surface area contributed by atoms with Crippen LogP contribution in [0.1, 0.15) is 16.1 Å². The number of para-hydroxylation sites is 2. The average molecular weight is 413 g/mol. The Kier molecular flexibility index (Phi) is 5.84. The number of hydrogen-bond donors (Lipinski definition) is 3. The van der Waals surface area contributed by atoms with Gasteiger partial charge in [-0.15, -0.1) is 0 Å². The maximum absolute atomic E-state index is 13.2. The molecule has 31 heavy (non-hydrogen) atoms. The number of nitrogens with one attached hydrogen (secondary N) is 3. The molecule has 0 saturated carbocycles. The molecule has 154 valence electrons. The largest absolute Gasteiger partial charge is 0.338 e. The summed E-state index contributed by atoms with van der Waals surface area (Å²) in [6.45, 7) is 1.79. The first kappa shape index (κ1) is 20.0. The molecule has 6 nitrogen and oxygen atoms in total. The van der Waals surface area contributed by atoms with E-state index < -0.39 is 5.82 Å². The molecule has 0 unspecified atom stereocenters. The number of benzene rings is 3. The third kappa shape index (κ3) is 5.02. The van der Waals surface area contributed by atoms with Crippen molar-refractivity contribution >= 4 is 34.7 Å². The van der Waals surface area contributed by atoms with Gasteiger partial charge in [-0.3, -0.25) is 4.79 Å². The molecule has 3 aromatic carbocycles. The average Bonchev–Trinajstić information content (AvgIpc) is 2.78. The minimum Gasteiger partial charge on any atom is -0.338 e. The number of halogens is 1. The van der Waals surface area contributed by atoms with Crippen LogP contribution in [0.3, 0.4) is 0 Å². The van der Waals surface area contributed by atoms with Crippen molar-refractivity contribution in [1.29, 1.82) is 0 Å². The topological polar surface area (TPSA) is 78.9 Å². The second-order valence-corrected chi connectivity index (χ2v) is 6.80. The molecule has 0 aliphatic heterocycles. The maximum atomic E-state index is 13.2. The molecule has 4 aromatic rings. The minimum atomic E-state index is -0.404. The maximum Gasteiger partial charge on any atom is 0.255 e. The van der Waals surface area contributed by atoms with Gasteiger partial charge in [0, 0.05) is 16.9 Å². The second kappa shape index (κ2) is 9.04. The standard InChI is InChI=1S/C24H20FN5O/c1-16-21(29-23(31)17-12-14-18(25)15-13-17)22(27-19-8-4-2-5-9-19)30-24(26-16)28-20-10-6-3-7-11-20/h2-15H,1H3,(H,29,31)(H2,26,27,28,30). The summed E-state index contributed by atoms with van der Waals surface area (Å²) in [5.41, 5.74) is 3.00. The van der Waals surface area contributed by atoms with Crippen LogP contribution in [0.5, 0.6) is 0 Å². The van der Waals surface area contributed by atoms with Crippen LogP contribution < -0.4 is 16.0 Å². The summed E-state index contributed by atoms with van der Waals surface area (Å²) in [5, 5.41) is 9.26. The van der Waals surface area contributed by atoms with E-state index in [1.54, 1.807) is 6.92 Å². The summed E-state index contributed by atoms with van der Waals surface area (Å²) in [5.74, 6) is 0.0416. The van der Waals surface area contributed by atoms with Crippen molar-refractivity contribution in [3.63, 3.8) is 0 Å². The van der Waals surface area contributed by atoms with Crippen molar-refractivity contribution in [3.05, 3.63) is 102 Å². The van der Waals surface area contributed by atoms with Crippen LogP contribution >= 0.6 is 0 Å². The molecule has 3 N–H and O–H groups in total. The molecule has 0 radical (unpaired) electrons. The summed E-state index contributed by atoms with van der Waals surface area (Å²) in [7, 11) is 0. The lowest BCUT2D eigenvalue weighted by Crippen LogP contribution is -2.16. The third-order valence-corrected chi connectivity index (χ3v) is 4.50. The van der Waals surface area contributed by atoms with Crippen LogP contribution in [-0.2, 0) is 0 Å². The summed E-state index contributed by atoms with van der Waals surface area (Å²) in [4.78, 5) is 21.8. The molecule has 4 rings (SSSR count). The van der Waals surface area contributed by atoms with Crippen molar-refractivity contribution in [2.45, 2.75) is 6.92 Å². The number of aromatic nitrogens is 2. The van der Waals surface area contributed by atoms with Crippen molar-refractivity contribution in [3.8, 4) is 0 Å². The van der Waals surface area contributed by atoms with E-state index in [1.165, 1.54) is 24.3 Å². The quantitative estimate of drug-likeness (QED) is 0.380. The Morgan fingerprint density at radius 3 is 1.97 bits per heavy atom. The highest BCUT2D eigenvalue weighted by Crippen LogP contribution is 2.29. The molecular formula is C24H20FN5O. The van der Waals surface area contributed by atoms with Crippen LogP contribution in [0.4, 0.5) is 33.2 Å². The monoisotopic (exact) mass is 413 g/mol. The zero-order valence-electron chi connectivity index (χ0n) is 16.8. The Morgan fingerprint density at radius 1 is 0.774 bits per heavy atom. The van der Waals surface area contributed by atoms with Gasteiger partial charge in [0.25, 0.3) is 5.91 Å². The Morgan fingerprint density at radius 2 is 1.35 bits per heavy atom. The highest BCUT2D eigenvalue weighted by atomic mass is 19.1. The molecule has 0 fully saturated rings. The van der Waals surface area contributed by atoms with E-state index in [0.717, 1.165) is 11.4 Å². The van der Waals surface area contributed by atoms with Gasteiger partial charge in [0.2, 0.25) is 5.95 Å². The Hall–Kier alpha value is -4.26. The first-order chi connectivity index (χ1) is 15.1. The fourth-order valence-electron chi connectivity index (χ4n) is 2.96. The molecule has 0 aliphatic rings. The minimum absolute atomic E-state index is 0.331. The predicted octanol–water partition coefficient (Wildman–Crippen LogP) is 5.66. The number of carbonyl (C=O) groups is 1. The van der Waals surface area contributed by atoms with E-state index in [9.17, 15) is 9.18 Å². The molecule has 1 amide bonds. The van der Waals surface area contributed by atoms with Gasteiger partial charge in [-0.2, -0.15) is 4.98 Å².